The second-order valence-corrected chi connectivity index (χ2v) is 7.11. The minimum Gasteiger partial charge on any atom is -0.0990 e. The number of rotatable bonds is 5. The molecule has 0 unspecified atom stereocenters. The fourth-order valence-electron chi connectivity index (χ4n) is 2.77. The zero-order valence-electron chi connectivity index (χ0n) is 19.0. The maximum Gasteiger partial charge on any atom is -0.0184 e. The molecule has 0 aliphatic heterocycles. The van der Waals surface area contributed by atoms with Gasteiger partial charge in [0.1, 0.15) is 0 Å². The summed E-state index contributed by atoms with van der Waals surface area (Å²) in [6.07, 6.45) is 10.4. The van der Waals surface area contributed by atoms with Gasteiger partial charge in [-0.1, -0.05) is 140 Å². The molecule has 3 aromatic rings. The summed E-state index contributed by atoms with van der Waals surface area (Å²) in [7, 11) is 0. The first kappa shape index (κ1) is 24.9. The molecule has 0 spiro atoms. The van der Waals surface area contributed by atoms with Gasteiger partial charge in [-0.3, -0.25) is 0 Å². The quantitative estimate of drug-likeness (QED) is 0.378. The molecule has 0 aromatic heterocycles. The molecule has 0 aliphatic rings. The molecule has 0 amide bonds. The van der Waals surface area contributed by atoms with Crippen molar-refractivity contribution in [1.29, 1.82) is 0 Å². The lowest BCUT2D eigenvalue weighted by atomic mass is 10.0. The third kappa shape index (κ3) is 11.0. The molecule has 0 heteroatoms. The fraction of sp³-hybridized carbons (Fsp3) is 0.200. The van der Waals surface area contributed by atoms with E-state index in [1.54, 1.807) is 0 Å². The van der Waals surface area contributed by atoms with E-state index in [0.29, 0.717) is 0 Å². The molecule has 0 nitrogen and oxygen atoms in total. The molecule has 0 bridgehead atoms. The van der Waals surface area contributed by atoms with Gasteiger partial charge < -0.3 is 0 Å². The van der Waals surface area contributed by atoms with E-state index < -0.39 is 0 Å². The lowest BCUT2D eigenvalue weighted by molar-refractivity contribution is 0.922. The zero-order chi connectivity index (χ0) is 22.0. The van der Waals surface area contributed by atoms with Crippen LogP contribution in [-0.4, -0.2) is 0 Å². The van der Waals surface area contributed by atoms with Gasteiger partial charge in [0.15, 0.2) is 0 Å². The number of aryl methyl sites for hydroxylation is 3. The summed E-state index contributed by atoms with van der Waals surface area (Å²) in [6, 6.07) is 29.3. The van der Waals surface area contributed by atoms with Crippen LogP contribution < -0.4 is 0 Å². The second kappa shape index (κ2) is 15.8. The van der Waals surface area contributed by atoms with Crippen LogP contribution in [0.5, 0.6) is 0 Å². The first-order valence-corrected chi connectivity index (χ1v) is 10.7. The standard InChI is InChI=1S/C14H16.C9H12.C7H8/c1-4-6-13(7-5-2)14-10-8-12(3)9-11-14;1-2-6-9-7-4-3-5-8-9;1-7-5-3-2-4-6-7/h4-11H,1H2,2-3H3;3-5,7-8H,2,6H2,1H3;2-6H,1H3/b7-5-,13-6+;;. The van der Waals surface area contributed by atoms with E-state index in [-0.39, 0.29) is 0 Å². The van der Waals surface area contributed by atoms with Gasteiger partial charge in [-0.2, -0.15) is 0 Å². The first-order chi connectivity index (χ1) is 14.6. The van der Waals surface area contributed by atoms with Crippen LogP contribution in [0.2, 0.25) is 0 Å². The average molecular weight is 397 g/mol. The van der Waals surface area contributed by atoms with Crippen molar-refractivity contribution in [2.24, 2.45) is 0 Å². The topological polar surface area (TPSA) is 0 Å². The third-order valence-corrected chi connectivity index (χ3v) is 4.35. The molecule has 0 radical (unpaired) electrons. The highest BCUT2D eigenvalue weighted by atomic mass is 14.0. The average Bonchev–Trinajstić information content (AvgIpc) is 2.77. The Morgan fingerprint density at radius 1 is 0.767 bits per heavy atom. The summed E-state index contributed by atoms with van der Waals surface area (Å²) < 4.78 is 0. The van der Waals surface area contributed by atoms with E-state index in [1.165, 1.54) is 40.7 Å². The van der Waals surface area contributed by atoms with Crippen LogP contribution in [0, 0.1) is 13.8 Å². The maximum atomic E-state index is 3.72. The van der Waals surface area contributed by atoms with Gasteiger partial charge in [0.2, 0.25) is 0 Å². The highest BCUT2D eigenvalue weighted by Crippen LogP contribution is 2.16. The predicted molar refractivity (Wildman–Crippen MR) is 136 cm³/mol. The largest absolute Gasteiger partial charge is 0.0990 e. The van der Waals surface area contributed by atoms with Crippen LogP contribution in [0.1, 0.15) is 42.5 Å². The van der Waals surface area contributed by atoms with Crippen LogP contribution in [0.25, 0.3) is 5.57 Å². The predicted octanol–water partition coefficient (Wildman–Crippen LogP) is 8.77. The maximum absolute atomic E-state index is 3.72. The smallest absolute Gasteiger partial charge is 0.0184 e. The van der Waals surface area contributed by atoms with Gasteiger partial charge in [-0.05, 0) is 43.9 Å². The summed E-state index contributed by atoms with van der Waals surface area (Å²) in [5, 5.41) is 0. The third-order valence-electron chi connectivity index (χ3n) is 4.35. The van der Waals surface area contributed by atoms with Crippen molar-refractivity contribution in [3.63, 3.8) is 0 Å². The minimum atomic E-state index is 1.20. The second-order valence-electron chi connectivity index (χ2n) is 7.11. The molecular weight excluding hydrogens is 360 g/mol. The molecule has 0 saturated heterocycles. The van der Waals surface area contributed by atoms with Gasteiger partial charge in [0.25, 0.3) is 0 Å². The van der Waals surface area contributed by atoms with Crippen molar-refractivity contribution >= 4 is 5.57 Å². The number of hydrogen-bond donors (Lipinski definition) is 0. The Hall–Kier alpha value is -3.12. The molecule has 0 aliphatic carbocycles. The van der Waals surface area contributed by atoms with E-state index in [9.17, 15) is 0 Å². The van der Waals surface area contributed by atoms with E-state index in [2.05, 4.69) is 100 Å². The van der Waals surface area contributed by atoms with Crippen molar-refractivity contribution in [2.45, 2.75) is 40.5 Å². The van der Waals surface area contributed by atoms with Gasteiger partial charge in [-0.15, -0.1) is 0 Å². The highest BCUT2D eigenvalue weighted by molar-refractivity contribution is 5.75. The Kier molecular flexibility index (Phi) is 13.1. The Morgan fingerprint density at radius 3 is 1.73 bits per heavy atom. The van der Waals surface area contributed by atoms with Crippen LogP contribution in [-0.2, 0) is 6.42 Å². The van der Waals surface area contributed by atoms with E-state index in [4.69, 9.17) is 0 Å². The van der Waals surface area contributed by atoms with Crippen LogP contribution in [0.4, 0.5) is 0 Å². The van der Waals surface area contributed by atoms with Gasteiger partial charge in [-0.25, -0.2) is 0 Å². The SMILES string of the molecule is C=C/C=C(\C=C/C)c1ccc(C)cc1.CCCc1ccccc1.Cc1ccccc1. The molecule has 30 heavy (non-hydrogen) atoms. The van der Waals surface area contributed by atoms with Crippen LogP contribution >= 0.6 is 0 Å². The molecule has 0 N–H and O–H groups in total. The Labute approximate surface area is 184 Å². The number of benzene rings is 3. The molecule has 156 valence electrons. The molecule has 3 rings (SSSR count). The Morgan fingerprint density at radius 2 is 1.30 bits per heavy atom. The lowest BCUT2D eigenvalue weighted by Crippen LogP contribution is -1.80. The summed E-state index contributed by atoms with van der Waals surface area (Å²) >= 11 is 0. The van der Waals surface area contributed by atoms with E-state index >= 15 is 0 Å². The summed E-state index contributed by atoms with van der Waals surface area (Å²) in [5.74, 6) is 0. The van der Waals surface area contributed by atoms with Gasteiger partial charge in [0.05, 0.1) is 0 Å². The van der Waals surface area contributed by atoms with E-state index in [1.807, 2.05) is 43.4 Å². The zero-order valence-corrected chi connectivity index (χ0v) is 19.0. The molecule has 0 saturated carbocycles. The van der Waals surface area contributed by atoms with Gasteiger partial charge in [0, 0.05) is 0 Å². The van der Waals surface area contributed by atoms with Crippen LogP contribution in [0.3, 0.4) is 0 Å². The minimum absolute atomic E-state index is 1.20. The number of allylic oxidation sites excluding steroid dienone is 5. The Bertz CT molecular complexity index is 866. The molecule has 0 heterocycles. The number of hydrogen-bond acceptors (Lipinski definition) is 0. The molecule has 3 aromatic carbocycles. The van der Waals surface area contributed by atoms with Crippen molar-refractivity contribution in [2.75, 3.05) is 0 Å². The van der Waals surface area contributed by atoms with Crippen molar-refractivity contribution in [3.8, 4) is 0 Å². The van der Waals surface area contributed by atoms with Crippen molar-refractivity contribution in [3.05, 3.63) is 138 Å². The lowest BCUT2D eigenvalue weighted by Gasteiger charge is -2.02. The van der Waals surface area contributed by atoms with E-state index in [0.717, 1.165) is 0 Å². The van der Waals surface area contributed by atoms with Crippen molar-refractivity contribution < 1.29 is 0 Å². The first-order valence-electron chi connectivity index (χ1n) is 10.7. The molecule has 0 fully saturated rings. The monoisotopic (exact) mass is 396 g/mol. The summed E-state index contributed by atoms with van der Waals surface area (Å²) in [6.45, 7) is 12.1. The van der Waals surface area contributed by atoms with Crippen LogP contribution in [0.15, 0.2) is 116 Å². The summed E-state index contributed by atoms with van der Waals surface area (Å²) in [4.78, 5) is 0. The van der Waals surface area contributed by atoms with Gasteiger partial charge >= 0.3 is 0 Å². The summed E-state index contributed by atoms with van der Waals surface area (Å²) in [5.41, 5.74) is 6.48. The molecular formula is C30H36. The van der Waals surface area contributed by atoms with Crippen molar-refractivity contribution in [1.82, 2.24) is 0 Å². The fourth-order valence-corrected chi connectivity index (χ4v) is 2.77. The normalized spacial score (nSPS) is 10.5. The Balaban J connectivity index is 0.000000241. The highest BCUT2D eigenvalue weighted by Gasteiger charge is 1.95. The molecule has 0 atom stereocenters.